The fraction of sp³-hybridized carbons (Fsp3) is 0.429. The Balaban J connectivity index is 2.10. The molecule has 1 aliphatic heterocycles. The fourth-order valence-electron chi connectivity index (χ4n) is 2.51. The van der Waals surface area contributed by atoms with Crippen LogP contribution in [-0.2, 0) is 0 Å². The molecule has 5 heteroatoms. The smallest absolute Gasteiger partial charge is 0.172 e. The maximum Gasteiger partial charge on any atom is 0.172 e. The number of nitrogens with one attached hydrogen (secondary N) is 2. The van der Waals surface area contributed by atoms with Gasteiger partial charge in [0.1, 0.15) is 0 Å². The number of nitrogens with zero attached hydrogens (tertiary/aromatic N) is 3. The highest BCUT2D eigenvalue weighted by atomic mass is 15.3. The lowest BCUT2D eigenvalue weighted by atomic mass is 10.2. The lowest BCUT2D eigenvalue weighted by Crippen LogP contribution is -2.50. The molecule has 0 saturated carbocycles. The summed E-state index contributed by atoms with van der Waals surface area (Å²) >= 11 is 0. The van der Waals surface area contributed by atoms with Gasteiger partial charge < -0.3 is 15.5 Å². The summed E-state index contributed by atoms with van der Waals surface area (Å²) in [5.41, 5.74) is 1.88. The third kappa shape index (κ3) is 2.21. The number of piperazine rings is 1. The number of aromatic nitrogens is 2. The zero-order valence-corrected chi connectivity index (χ0v) is 11.3. The van der Waals surface area contributed by atoms with E-state index in [1.54, 1.807) is 0 Å². The molecule has 0 bridgehead atoms. The molecule has 0 aliphatic carbocycles. The predicted octanol–water partition coefficient (Wildman–Crippen LogP) is 1.47. The van der Waals surface area contributed by atoms with Crippen molar-refractivity contribution < 1.29 is 0 Å². The summed E-state index contributed by atoms with van der Waals surface area (Å²) in [5, 5.41) is 6.57. The quantitative estimate of drug-likeness (QED) is 0.853. The summed E-state index contributed by atoms with van der Waals surface area (Å²) in [6, 6.07) is 8.42. The molecule has 100 valence electrons. The first-order valence-electron chi connectivity index (χ1n) is 6.71. The molecule has 1 aromatic carbocycles. The second kappa shape index (κ2) is 5.01. The summed E-state index contributed by atoms with van der Waals surface area (Å²) in [5.74, 6) is 1.81. The maximum atomic E-state index is 4.79. The van der Waals surface area contributed by atoms with Gasteiger partial charge in [-0.15, -0.1) is 0 Å². The average Bonchev–Trinajstić information content (AvgIpc) is 2.46. The van der Waals surface area contributed by atoms with Crippen LogP contribution in [0.3, 0.4) is 0 Å². The van der Waals surface area contributed by atoms with Crippen molar-refractivity contribution >= 4 is 22.7 Å². The van der Waals surface area contributed by atoms with Crippen LogP contribution in [0.4, 0.5) is 11.6 Å². The van der Waals surface area contributed by atoms with Crippen LogP contribution in [0.1, 0.15) is 6.92 Å². The molecule has 1 atom stereocenters. The van der Waals surface area contributed by atoms with Crippen molar-refractivity contribution in [2.45, 2.75) is 13.0 Å². The molecule has 19 heavy (non-hydrogen) atoms. The van der Waals surface area contributed by atoms with E-state index in [2.05, 4.69) is 27.4 Å². The van der Waals surface area contributed by atoms with E-state index in [0.29, 0.717) is 6.04 Å². The van der Waals surface area contributed by atoms with Gasteiger partial charge in [0.2, 0.25) is 0 Å². The van der Waals surface area contributed by atoms with Crippen molar-refractivity contribution in [1.82, 2.24) is 15.3 Å². The van der Waals surface area contributed by atoms with E-state index in [-0.39, 0.29) is 0 Å². The first-order chi connectivity index (χ1) is 9.29. The molecule has 1 fully saturated rings. The average molecular weight is 257 g/mol. The molecule has 2 aromatic rings. The van der Waals surface area contributed by atoms with Gasteiger partial charge in [0, 0.05) is 32.7 Å². The summed E-state index contributed by atoms with van der Waals surface area (Å²) in [6.07, 6.45) is 0. The number of fused-ring (bicyclic) bond motifs is 1. The van der Waals surface area contributed by atoms with Crippen molar-refractivity contribution in [3.05, 3.63) is 24.3 Å². The third-order valence-electron chi connectivity index (χ3n) is 3.56. The summed E-state index contributed by atoms with van der Waals surface area (Å²) < 4.78 is 0. The standard InChI is InChI=1S/C14H19N5/c1-10-9-16-7-8-19(10)14-13(15-2)17-11-5-3-4-6-12(11)18-14/h3-6,10,16H,7-9H2,1-2H3,(H,15,17)/t10-/m0/s1. The van der Waals surface area contributed by atoms with Crippen LogP contribution < -0.4 is 15.5 Å². The summed E-state index contributed by atoms with van der Waals surface area (Å²) in [4.78, 5) is 11.8. The number of para-hydroxylation sites is 2. The number of anilines is 2. The predicted molar refractivity (Wildman–Crippen MR) is 78.8 cm³/mol. The van der Waals surface area contributed by atoms with E-state index >= 15 is 0 Å². The normalized spacial score (nSPS) is 19.7. The number of benzene rings is 1. The Hall–Kier alpha value is -1.88. The van der Waals surface area contributed by atoms with Crippen molar-refractivity contribution in [3.8, 4) is 0 Å². The zero-order valence-electron chi connectivity index (χ0n) is 11.3. The number of hydrogen-bond acceptors (Lipinski definition) is 5. The molecule has 1 saturated heterocycles. The van der Waals surface area contributed by atoms with Crippen LogP contribution in [-0.4, -0.2) is 42.7 Å². The molecule has 1 aromatic heterocycles. The Labute approximate surface area is 113 Å². The highest BCUT2D eigenvalue weighted by Gasteiger charge is 2.22. The van der Waals surface area contributed by atoms with Crippen LogP contribution in [0.15, 0.2) is 24.3 Å². The highest BCUT2D eigenvalue weighted by Crippen LogP contribution is 2.26. The van der Waals surface area contributed by atoms with Crippen molar-refractivity contribution in [2.24, 2.45) is 0 Å². The first kappa shape index (κ1) is 12.2. The number of hydrogen-bond donors (Lipinski definition) is 2. The van der Waals surface area contributed by atoms with E-state index in [4.69, 9.17) is 4.98 Å². The SMILES string of the molecule is CNc1nc2ccccc2nc1N1CCNC[C@@H]1C. The van der Waals surface area contributed by atoms with Gasteiger partial charge in [-0.1, -0.05) is 12.1 Å². The fourth-order valence-corrected chi connectivity index (χ4v) is 2.51. The third-order valence-corrected chi connectivity index (χ3v) is 3.56. The van der Waals surface area contributed by atoms with Crippen LogP contribution in [0, 0.1) is 0 Å². The Morgan fingerprint density at radius 1 is 1.26 bits per heavy atom. The molecule has 0 amide bonds. The topological polar surface area (TPSA) is 53.1 Å². The monoisotopic (exact) mass is 257 g/mol. The van der Waals surface area contributed by atoms with Gasteiger partial charge in [-0.05, 0) is 19.1 Å². The minimum atomic E-state index is 0.427. The highest BCUT2D eigenvalue weighted by molar-refractivity contribution is 5.80. The molecule has 0 spiro atoms. The molecule has 1 aliphatic rings. The van der Waals surface area contributed by atoms with E-state index in [1.165, 1.54) is 0 Å². The largest absolute Gasteiger partial charge is 0.370 e. The Morgan fingerprint density at radius 3 is 2.68 bits per heavy atom. The summed E-state index contributed by atoms with van der Waals surface area (Å²) in [6.45, 7) is 5.14. The van der Waals surface area contributed by atoms with Gasteiger partial charge in [0.05, 0.1) is 11.0 Å². The van der Waals surface area contributed by atoms with Crippen molar-refractivity contribution in [1.29, 1.82) is 0 Å². The minimum Gasteiger partial charge on any atom is -0.370 e. The van der Waals surface area contributed by atoms with Crippen LogP contribution in [0.5, 0.6) is 0 Å². The van der Waals surface area contributed by atoms with Crippen molar-refractivity contribution in [3.63, 3.8) is 0 Å². The Bertz CT molecular complexity index is 583. The molecule has 0 radical (unpaired) electrons. The van der Waals surface area contributed by atoms with E-state index in [9.17, 15) is 0 Å². The summed E-state index contributed by atoms with van der Waals surface area (Å²) in [7, 11) is 1.90. The maximum absolute atomic E-state index is 4.79. The van der Waals surface area contributed by atoms with Gasteiger partial charge in [-0.25, -0.2) is 9.97 Å². The zero-order chi connectivity index (χ0) is 13.2. The van der Waals surface area contributed by atoms with Crippen LogP contribution in [0.25, 0.3) is 11.0 Å². The lowest BCUT2D eigenvalue weighted by Gasteiger charge is -2.35. The van der Waals surface area contributed by atoms with Crippen molar-refractivity contribution in [2.75, 3.05) is 36.9 Å². The molecule has 2 heterocycles. The number of rotatable bonds is 2. The van der Waals surface area contributed by atoms with E-state index < -0.39 is 0 Å². The second-order valence-corrected chi connectivity index (χ2v) is 4.88. The minimum absolute atomic E-state index is 0.427. The molecule has 2 N–H and O–H groups in total. The van der Waals surface area contributed by atoms with Crippen LogP contribution >= 0.6 is 0 Å². The Kier molecular flexibility index (Phi) is 3.21. The van der Waals surface area contributed by atoms with Gasteiger partial charge in [-0.3, -0.25) is 0 Å². The van der Waals surface area contributed by atoms with E-state index in [1.807, 2.05) is 31.3 Å². The van der Waals surface area contributed by atoms with Gasteiger partial charge >= 0.3 is 0 Å². The molecule has 0 unspecified atom stereocenters. The van der Waals surface area contributed by atoms with Gasteiger partial charge in [0.25, 0.3) is 0 Å². The first-order valence-corrected chi connectivity index (χ1v) is 6.71. The van der Waals surface area contributed by atoms with Crippen LogP contribution in [0.2, 0.25) is 0 Å². The second-order valence-electron chi connectivity index (χ2n) is 4.88. The molecule has 5 nitrogen and oxygen atoms in total. The van der Waals surface area contributed by atoms with E-state index in [0.717, 1.165) is 42.3 Å². The van der Waals surface area contributed by atoms with Gasteiger partial charge in [-0.2, -0.15) is 0 Å². The molecule has 3 rings (SSSR count). The molecular formula is C14H19N5. The van der Waals surface area contributed by atoms with Gasteiger partial charge in [0.15, 0.2) is 11.6 Å². The molecular weight excluding hydrogens is 238 g/mol. The lowest BCUT2D eigenvalue weighted by molar-refractivity contribution is 0.497. The Morgan fingerprint density at radius 2 is 2.00 bits per heavy atom.